The number of hydrogen-bond donors (Lipinski definition) is 3. The Bertz CT molecular complexity index is 1020. The number of nitrogens with one attached hydrogen (secondary N) is 1. The van der Waals surface area contributed by atoms with Crippen molar-refractivity contribution in [3.05, 3.63) is 35.7 Å². The molecule has 1 aromatic carbocycles. The van der Waals surface area contributed by atoms with Crippen LogP contribution in [-0.4, -0.2) is 40.1 Å². The molecule has 0 bridgehead atoms. The molecule has 0 radical (unpaired) electrons. The Morgan fingerprint density at radius 2 is 1.97 bits per heavy atom. The molecule has 1 aliphatic heterocycles. The molecule has 0 amide bonds. The van der Waals surface area contributed by atoms with E-state index in [4.69, 9.17) is 21.2 Å². The molecule has 1 aromatic heterocycles. The summed E-state index contributed by atoms with van der Waals surface area (Å²) in [6, 6.07) is 7.76. The third-order valence-corrected chi connectivity index (χ3v) is 5.60. The lowest BCUT2D eigenvalue weighted by atomic mass is 9.87. The lowest BCUT2D eigenvalue weighted by molar-refractivity contribution is 0.0519. The van der Waals surface area contributed by atoms with E-state index in [2.05, 4.69) is 15.0 Å². The first-order valence-corrected chi connectivity index (χ1v) is 10.3. The van der Waals surface area contributed by atoms with Gasteiger partial charge in [-0.2, -0.15) is 4.99 Å². The molecule has 1 spiro atoms. The molecule has 158 valence electrons. The second-order valence-corrected chi connectivity index (χ2v) is 7.62. The van der Waals surface area contributed by atoms with Crippen LogP contribution in [0.5, 0.6) is 0 Å². The third kappa shape index (κ3) is 3.40. The summed E-state index contributed by atoms with van der Waals surface area (Å²) in [7, 11) is 0. The first-order valence-electron chi connectivity index (χ1n) is 10.3. The number of guanidine groups is 2. The van der Waals surface area contributed by atoms with E-state index in [0.29, 0.717) is 24.1 Å². The van der Waals surface area contributed by atoms with E-state index in [1.54, 1.807) is 13.8 Å². The molecule has 2 heterocycles. The number of aryl methyl sites for hydroxylation is 1. The Kier molecular flexibility index (Phi) is 5.19. The van der Waals surface area contributed by atoms with Crippen LogP contribution in [0.4, 0.5) is 5.69 Å². The number of aromatic amines is 1. The number of ether oxygens (including phenoxy) is 1. The molecule has 9 heteroatoms. The van der Waals surface area contributed by atoms with Crippen LogP contribution in [0.15, 0.2) is 34.3 Å². The number of aromatic nitrogens is 2. The zero-order valence-electron chi connectivity index (χ0n) is 17.3. The fourth-order valence-corrected chi connectivity index (χ4v) is 4.32. The standard InChI is InChI=1S/C21H27N7O2/c1-3-30-18(29)16-13(2)24-17(25-16)14-9-5-6-10-15(14)28-20(23)26-19(22)27-21(28)11-7-4-8-12-21/h5-6,9-10H,3-4,7-8,11-12H2,1-2H3,(H,24,25)(H4,22,23,26,27). The highest BCUT2D eigenvalue weighted by Crippen LogP contribution is 2.42. The monoisotopic (exact) mass is 409 g/mol. The number of H-pyrrole nitrogens is 1. The van der Waals surface area contributed by atoms with E-state index in [0.717, 1.165) is 43.4 Å². The summed E-state index contributed by atoms with van der Waals surface area (Å²) >= 11 is 0. The van der Waals surface area contributed by atoms with Gasteiger partial charge in [-0.3, -0.25) is 4.90 Å². The van der Waals surface area contributed by atoms with Gasteiger partial charge in [-0.25, -0.2) is 14.8 Å². The van der Waals surface area contributed by atoms with E-state index < -0.39 is 11.6 Å². The van der Waals surface area contributed by atoms with Crippen molar-refractivity contribution >= 4 is 23.6 Å². The van der Waals surface area contributed by atoms with Crippen molar-refractivity contribution < 1.29 is 9.53 Å². The maximum Gasteiger partial charge on any atom is 0.358 e. The van der Waals surface area contributed by atoms with Gasteiger partial charge in [0, 0.05) is 11.3 Å². The zero-order valence-corrected chi connectivity index (χ0v) is 17.3. The van der Waals surface area contributed by atoms with Gasteiger partial charge in [-0.15, -0.1) is 0 Å². The predicted molar refractivity (Wildman–Crippen MR) is 116 cm³/mol. The summed E-state index contributed by atoms with van der Waals surface area (Å²) in [5.74, 6) is 0.634. The van der Waals surface area contributed by atoms with Crippen LogP contribution in [0.3, 0.4) is 0 Å². The van der Waals surface area contributed by atoms with Crippen molar-refractivity contribution in [1.82, 2.24) is 9.97 Å². The average molecular weight is 409 g/mol. The van der Waals surface area contributed by atoms with Crippen molar-refractivity contribution in [3.8, 4) is 11.4 Å². The van der Waals surface area contributed by atoms with E-state index >= 15 is 0 Å². The Labute approximate surface area is 175 Å². The lowest BCUT2D eigenvalue weighted by Crippen LogP contribution is -2.58. The number of para-hydroxylation sites is 1. The van der Waals surface area contributed by atoms with Crippen LogP contribution >= 0.6 is 0 Å². The number of hydrogen-bond acceptors (Lipinski definition) is 8. The van der Waals surface area contributed by atoms with Gasteiger partial charge in [0.25, 0.3) is 0 Å². The molecule has 0 unspecified atom stereocenters. The molecule has 0 saturated heterocycles. The summed E-state index contributed by atoms with van der Waals surface area (Å²) in [5.41, 5.74) is 14.4. The van der Waals surface area contributed by atoms with E-state index in [1.165, 1.54) is 0 Å². The normalized spacial score (nSPS) is 18.1. The van der Waals surface area contributed by atoms with E-state index in [-0.39, 0.29) is 11.7 Å². The quantitative estimate of drug-likeness (QED) is 0.665. The molecule has 4 rings (SSSR count). The number of rotatable bonds is 4. The summed E-state index contributed by atoms with van der Waals surface area (Å²) in [5, 5.41) is 0. The number of carbonyl (C=O) groups is 1. The number of esters is 1. The topological polar surface area (TPSA) is 135 Å². The highest BCUT2D eigenvalue weighted by molar-refractivity contribution is 6.07. The maximum atomic E-state index is 12.2. The van der Waals surface area contributed by atoms with E-state index in [9.17, 15) is 4.79 Å². The largest absolute Gasteiger partial charge is 0.461 e. The van der Waals surface area contributed by atoms with Crippen LogP contribution < -0.4 is 16.4 Å². The number of aliphatic imine (C=N–C) groups is 2. The van der Waals surface area contributed by atoms with Crippen LogP contribution in [-0.2, 0) is 4.74 Å². The van der Waals surface area contributed by atoms with Crippen molar-refractivity contribution in [3.63, 3.8) is 0 Å². The Morgan fingerprint density at radius 3 is 2.70 bits per heavy atom. The molecule has 2 aromatic rings. The highest BCUT2D eigenvalue weighted by Gasteiger charge is 2.43. The van der Waals surface area contributed by atoms with Gasteiger partial charge < -0.3 is 21.2 Å². The number of nitrogens with two attached hydrogens (primary N) is 2. The minimum atomic E-state index is -0.560. The van der Waals surface area contributed by atoms with Crippen molar-refractivity contribution in [2.75, 3.05) is 11.5 Å². The van der Waals surface area contributed by atoms with Crippen LogP contribution in [0, 0.1) is 6.92 Å². The molecule has 1 fully saturated rings. The number of benzene rings is 1. The molecule has 1 saturated carbocycles. The SMILES string of the molecule is CCOC(=O)c1nc(-c2ccccc2N2C(N)=NC(N)=NC23CCCCC3)[nH]c1C. The van der Waals surface area contributed by atoms with Crippen LogP contribution in [0.25, 0.3) is 11.4 Å². The minimum absolute atomic E-state index is 0.210. The van der Waals surface area contributed by atoms with Gasteiger partial charge in [0.15, 0.2) is 5.69 Å². The summed E-state index contributed by atoms with van der Waals surface area (Å²) in [6.07, 6.45) is 4.90. The van der Waals surface area contributed by atoms with Gasteiger partial charge in [-0.1, -0.05) is 18.6 Å². The van der Waals surface area contributed by atoms with Gasteiger partial charge in [-0.05, 0) is 51.7 Å². The summed E-state index contributed by atoms with van der Waals surface area (Å²) in [4.78, 5) is 30.9. The average Bonchev–Trinajstić information content (AvgIpc) is 3.10. The molecule has 0 atom stereocenters. The van der Waals surface area contributed by atoms with Crippen LogP contribution in [0.2, 0.25) is 0 Å². The summed E-state index contributed by atoms with van der Waals surface area (Å²) < 4.78 is 5.12. The number of anilines is 1. The molecular weight excluding hydrogens is 382 g/mol. The van der Waals surface area contributed by atoms with Crippen molar-refractivity contribution in [2.45, 2.75) is 51.6 Å². The van der Waals surface area contributed by atoms with Crippen LogP contribution in [0.1, 0.15) is 55.2 Å². The number of nitrogens with zero attached hydrogens (tertiary/aromatic N) is 4. The van der Waals surface area contributed by atoms with Crippen molar-refractivity contribution in [2.24, 2.45) is 21.5 Å². The first-order chi connectivity index (χ1) is 14.4. The Hall–Kier alpha value is -3.36. The molecule has 30 heavy (non-hydrogen) atoms. The molecule has 5 N–H and O–H groups in total. The Morgan fingerprint density at radius 1 is 1.23 bits per heavy atom. The highest BCUT2D eigenvalue weighted by atomic mass is 16.5. The number of carbonyl (C=O) groups excluding carboxylic acids is 1. The zero-order chi connectivity index (χ0) is 21.3. The fraction of sp³-hybridized carbons (Fsp3) is 0.429. The van der Waals surface area contributed by atoms with Gasteiger partial charge in [0.2, 0.25) is 11.9 Å². The van der Waals surface area contributed by atoms with E-state index in [1.807, 2.05) is 29.2 Å². The third-order valence-electron chi connectivity index (χ3n) is 5.60. The second kappa shape index (κ2) is 7.81. The smallest absolute Gasteiger partial charge is 0.358 e. The molecular formula is C21H27N7O2. The first kappa shape index (κ1) is 19.9. The number of imidazole rings is 1. The molecule has 1 aliphatic carbocycles. The van der Waals surface area contributed by atoms with Gasteiger partial charge in [0.05, 0.1) is 12.3 Å². The van der Waals surface area contributed by atoms with Gasteiger partial charge in [0.1, 0.15) is 11.5 Å². The predicted octanol–water partition coefficient (Wildman–Crippen LogP) is 2.67. The van der Waals surface area contributed by atoms with Crippen molar-refractivity contribution in [1.29, 1.82) is 0 Å². The molecule has 9 nitrogen and oxygen atoms in total. The lowest BCUT2D eigenvalue weighted by Gasteiger charge is -2.46. The Balaban J connectivity index is 1.81. The molecule has 2 aliphatic rings. The minimum Gasteiger partial charge on any atom is -0.461 e. The summed E-state index contributed by atoms with van der Waals surface area (Å²) in [6.45, 7) is 3.86. The van der Waals surface area contributed by atoms with Gasteiger partial charge >= 0.3 is 5.97 Å². The second-order valence-electron chi connectivity index (χ2n) is 7.62. The maximum absolute atomic E-state index is 12.2. The fourth-order valence-electron chi connectivity index (χ4n) is 4.32.